The normalized spacial score (nSPS) is 16.8. The van der Waals surface area contributed by atoms with Crippen molar-refractivity contribution in [1.82, 2.24) is 4.90 Å². The van der Waals surface area contributed by atoms with Crippen LogP contribution in [0.4, 0.5) is 0 Å². The van der Waals surface area contributed by atoms with Gasteiger partial charge in [-0.05, 0) is 57.8 Å². The molecule has 0 radical (unpaired) electrons. The van der Waals surface area contributed by atoms with E-state index in [9.17, 15) is 4.79 Å². The average Bonchev–Trinajstić information content (AvgIpc) is 2.93. The summed E-state index contributed by atoms with van der Waals surface area (Å²) >= 11 is 0. The van der Waals surface area contributed by atoms with Crippen molar-refractivity contribution in [2.24, 2.45) is 0 Å². The number of hydrogen-bond donors (Lipinski definition) is 0. The van der Waals surface area contributed by atoms with E-state index in [1.165, 1.54) is 18.4 Å². The molecule has 0 unspecified atom stereocenters. The maximum atomic E-state index is 12.8. The number of likely N-dealkylation sites (tertiary alicyclic amines) is 1. The number of ketones is 1. The molecule has 0 spiro atoms. The zero-order chi connectivity index (χ0) is 13.9. The van der Waals surface area contributed by atoms with Gasteiger partial charge in [0.1, 0.15) is 0 Å². The second-order valence-electron chi connectivity index (χ2n) is 6.03. The van der Waals surface area contributed by atoms with Gasteiger partial charge in [-0.2, -0.15) is 0 Å². The first-order valence-electron chi connectivity index (χ1n) is 7.44. The van der Waals surface area contributed by atoms with Crippen LogP contribution in [0, 0.1) is 0 Å². The Balaban J connectivity index is 2.20. The molecule has 1 aromatic carbocycles. The van der Waals surface area contributed by atoms with Gasteiger partial charge in [0.25, 0.3) is 0 Å². The van der Waals surface area contributed by atoms with Gasteiger partial charge in [0.15, 0.2) is 5.78 Å². The van der Waals surface area contributed by atoms with Gasteiger partial charge in [0.2, 0.25) is 0 Å². The molecule has 0 aliphatic carbocycles. The van der Waals surface area contributed by atoms with Crippen molar-refractivity contribution in [3.8, 4) is 0 Å². The lowest BCUT2D eigenvalue weighted by atomic mass is 9.90. The Morgan fingerprint density at radius 1 is 1.26 bits per heavy atom. The van der Waals surface area contributed by atoms with E-state index in [1.807, 2.05) is 12.1 Å². The summed E-state index contributed by atoms with van der Waals surface area (Å²) in [7, 11) is 0. The van der Waals surface area contributed by atoms with Crippen LogP contribution < -0.4 is 0 Å². The summed E-state index contributed by atoms with van der Waals surface area (Å²) in [5, 5.41) is 0. The minimum atomic E-state index is -0.374. The molecule has 1 saturated heterocycles. The molecule has 19 heavy (non-hydrogen) atoms. The summed E-state index contributed by atoms with van der Waals surface area (Å²) in [6.07, 6.45) is 4.59. The second kappa shape index (κ2) is 5.87. The van der Waals surface area contributed by atoms with Gasteiger partial charge in [-0.15, -0.1) is 0 Å². The van der Waals surface area contributed by atoms with E-state index >= 15 is 0 Å². The molecule has 0 bridgehead atoms. The van der Waals surface area contributed by atoms with Crippen LogP contribution in [0.5, 0.6) is 0 Å². The van der Waals surface area contributed by atoms with E-state index in [1.54, 1.807) is 0 Å². The van der Waals surface area contributed by atoms with Gasteiger partial charge in [0.05, 0.1) is 5.54 Å². The molecule has 1 aliphatic rings. The number of hydrogen-bond acceptors (Lipinski definition) is 2. The standard InChI is InChI=1S/C17H25NO/c1-4-8-14-9-7-10-15(13-14)16(19)17(2,3)18-11-5-6-12-18/h7,9-10,13H,4-6,8,11-12H2,1-3H3. The Labute approximate surface area is 116 Å². The summed E-state index contributed by atoms with van der Waals surface area (Å²) in [5.41, 5.74) is 1.76. The average molecular weight is 259 g/mol. The topological polar surface area (TPSA) is 20.3 Å². The quantitative estimate of drug-likeness (QED) is 0.752. The van der Waals surface area contributed by atoms with Crippen LogP contribution in [-0.2, 0) is 6.42 Å². The van der Waals surface area contributed by atoms with Gasteiger partial charge < -0.3 is 0 Å². The molecule has 0 saturated carbocycles. The fraction of sp³-hybridized carbons (Fsp3) is 0.588. The van der Waals surface area contributed by atoms with Crippen molar-refractivity contribution in [2.45, 2.75) is 52.0 Å². The summed E-state index contributed by atoms with van der Waals surface area (Å²) in [6, 6.07) is 8.16. The molecule has 1 aliphatic heterocycles. The first-order valence-corrected chi connectivity index (χ1v) is 7.44. The minimum absolute atomic E-state index is 0.257. The molecular formula is C17H25NO. The first-order chi connectivity index (χ1) is 9.05. The van der Waals surface area contributed by atoms with E-state index in [4.69, 9.17) is 0 Å². The van der Waals surface area contributed by atoms with Gasteiger partial charge >= 0.3 is 0 Å². The third-order valence-corrected chi connectivity index (χ3v) is 4.18. The lowest BCUT2D eigenvalue weighted by molar-refractivity contribution is 0.0702. The Hall–Kier alpha value is -1.15. The maximum Gasteiger partial charge on any atom is 0.182 e. The number of rotatable bonds is 5. The molecule has 0 aromatic heterocycles. The summed E-state index contributed by atoms with van der Waals surface area (Å²) < 4.78 is 0. The van der Waals surface area contributed by atoms with Crippen LogP contribution in [0.15, 0.2) is 24.3 Å². The summed E-state index contributed by atoms with van der Waals surface area (Å²) in [6.45, 7) is 8.39. The number of Topliss-reactive ketones (excluding diaryl/α,β-unsaturated/α-hetero) is 1. The smallest absolute Gasteiger partial charge is 0.182 e. The highest BCUT2D eigenvalue weighted by Crippen LogP contribution is 2.25. The molecule has 2 rings (SSSR count). The molecule has 1 aromatic rings. The van der Waals surface area contributed by atoms with Crippen LogP contribution in [0.3, 0.4) is 0 Å². The Bertz CT molecular complexity index is 444. The summed E-state index contributed by atoms with van der Waals surface area (Å²) in [5.74, 6) is 0.257. The lowest BCUT2D eigenvalue weighted by Gasteiger charge is -2.34. The first kappa shape index (κ1) is 14.3. The van der Waals surface area contributed by atoms with Crippen LogP contribution in [0.1, 0.15) is 56.0 Å². The number of carbonyl (C=O) groups excluding carboxylic acids is 1. The van der Waals surface area contributed by atoms with Crippen LogP contribution in [-0.4, -0.2) is 29.3 Å². The molecule has 0 atom stereocenters. The molecule has 2 nitrogen and oxygen atoms in total. The predicted octanol–water partition coefficient (Wildman–Crippen LogP) is 3.70. The van der Waals surface area contributed by atoms with Crippen LogP contribution in [0.25, 0.3) is 0 Å². The number of aryl methyl sites for hydroxylation is 1. The van der Waals surface area contributed by atoms with Crippen molar-refractivity contribution in [3.63, 3.8) is 0 Å². The van der Waals surface area contributed by atoms with Crippen molar-refractivity contribution >= 4 is 5.78 Å². The van der Waals surface area contributed by atoms with Crippen LogP contribution in [0.2, 0.25) is 0 Å². The zero-order valence-electron chi connectivity index (χ0n) is 12.4. The maximum absolute atomic E-state index is 12.8. The van der Waals surface area contributed by atoms with E-state index in [-0.39, 0.29) is 11.3 Å². The highest BCUT2D eigenvalue weighted by Gasteiger charge is 2.36. The van der Waals surface area contributed by atoms with Crippen molar-refractivity contribution in [3.05, 3.63) is 35.4 Å². The molecule has 2 heteroatoms. The van der Waals surface area contributed by atoms with Gasteiger partial charge in [0, 0.05) is 5.56 Å². The predicted molar refractivity (Wildman–Crippen MR) is 79.7 cm³/mol. The largest absolute Gasteiger partial charge is 0.292 e. The van der Waals surface area contributed by atoms with E-state index in [0.29, 0.717) is 0 Å². The van der Waals surface area contributed by atoms with Crippen molar-refractivity contribution < 1.29 is 4.79 Å². The fourth-order valence-electron chi connectivity index (χ4n) is 2.93. The van der Waals surface area contributed by atoms with E-state index < -0.39 is 0 Å². The van der Waals surface area contributed by atoms with Gasteiger partial charge in [-0.3, -0.25) is 9.69 Å². The summed E-state index contributed by atoms with van der Waals surface area (Å²) in [4.78, 5) is 15.1. The Morgan fingerprint density at radius 2 is 1.95 bits per heavy atom. The SMILES string of the molecule is CCCc1cccc(C(=O)C(C)(C)N2CCCC2)c1. The highest BCUT2D eigenvalue weighted by molar-refractivity contribution is 6.02. The van der Waals surface area contributed by atoms with E-state index in [0.717, 1.165) is 31.5 Å². The monoisotopic (exact) mass is 259 g/mol. The molecule has 1 fully saturated rings. The van der Waals surface area contributed by atoms with Crippen molar-refractivity contribution in [1.29, 1.82) is 0 Å². The number of nitrogens with zero attached hydrogens (tertiary/aromatic N) is 1. The third kappa shape index (κ3) is 3.06. The third-order valence-electron chi connectivity index (χ3n) is 4.18. The molecule has 1 heterocycles. The Kier molecular flexibility index (Phi) is 4.41. The van der Waals surface area contributed by atoms with Crippen molar-refractivity contribution in [2.75, 3.05) is 13.1 Å². The number of benzene rings is 1. The highest BCUT2D eigenvalue weighted by atomic mass is 16.1. The molecule has 104 valence electrons. The van der Waals surface area contributed by atoms with Gasteiger partial charge in [-0.25, -0.2) is 0 Å². The van der Waals surface area contributed by atoms with Crippen LogP contribution >= 0.6 is 0 Å². The number of carbonyl (C=O) groups is 1. The van der Waals surface area contributed by atoms with Gasteiger partial charge in [-0.1, -0.05) is 31.5 Å². The van der Waals surface area contributed by atoms with E-state index in [2.05, 4.69) is 37.8 Å². The Morgan fingerprint density at radius 3 is 2.58 bits per heavy atom. The fourth-order valence-corrected chi connectivity index (χ4v) is 2.93. The second-order valence-corrected chi connectivity index (χ2v) is 6.03. The minimum Gasteiger partial charge on any atom is -0.292 e. The zero-order valence-corrected chi connectivity index (χ0v) is 12.4. The molecular weight excluding hydrogens is 234 g/mol. The molecule has 0 N–H and O–H groups in total. The molecule has 0 amide bonds. The lowest BCUT2D eigenvalue weighted by Crippen LogP contribution is -2.48.